The van der Waals surface area contributed by atoms with Crippen LogP contribution in [0.1, 0.15) is 46.0 Å². The number of carbonyl (C=O) groups is 1. The maximum Gasteiger partial charge on any atom is 0.251 e. The molecule has 0 unspecified atom stereocenters. The molecule has 1 aliphatic rings. The Kier molecular flexibility index (Phi) is 6.81. The van der Waals surface area contributed by atoms with Gasteiger partial charge in [-0.05, 0) is 60.6 Å². The van der Waals surface area contributed by atoms with Crippen LogP contribution in [0.25, 0.3) is 0 Å². The van der Waals surface area contributed by atoms with Gasteiger partial charge in [0.1, 0.15) is 0 Å². The molecular weight excluding hydrogens is 326 g/mol. The highest BCUT2D eigenvalue weighted by Crippen LogP contribution is 2.22. The lowest BCUT2D eigenvalue weighted by Gasteiger charge is -2.09. The molecule has 1 N–H and O–H groups in total. The number of amides is 1. The van der Waals surface area contributed by atoms with Gasteiger partial charge >= 0.3 is 0 Å². The lowest BCUT2D eigenvalue weighted by molar-refractivity contribution is 0.0453. The molecule has 3 rings (SSSR count). The summed E-state index contributed by atoms with van der Waals surface area (Å²) < 4.78 is 10.9. The van der Waals surface area contributed by atoms with Crippen molar-refractivity contribution >= 4 is 5.91 Å². The minimum Gasteiger partial charge on any atom is -0.379 e. The predicted molar refractivity (Wildman–Crippen MR) is 102 cm³/mol. The Bertz CT molecular complexity index is 742. The van der Waals surface area contributed by atoms with Crippen LogP contribution in [0.5, 0.6) is 0 Å². The van der Waals surface area contributed by atoms with Crippen LogP contribution in [0.4, 0.5) is 0 Å². The fourth-order valence-electron chi connectivity index (χ4n) is 3.28. The van der Waals surface area contributed by atoms with E-state index in [9.17, 15) is 4.79 Å². The summed E-state index contributed by atoms with van der Waals surface area (Å²) in [5, 5.41) is 3.02. The number of benzene rings is 2. The maximum absolute atomic E-state index is 12.4. The maximum atomic E-state index is 12.4. The Hall–Kier alpha value is -2.17. The average Bonchev–Trinajstić information content (AvgIpc) is 3.14. The third-order valence-electron chi connectivity index (χ3n) is 4.65. The summed E-state index contributed by atoms with van der Waals surface area (Å²) in [5.74, 6) is -0.0157. The smallest absolute Gasteiger partial charge is 0.251 e. The van der Waals surface area contributed by atoms with Crippen LogP contribution in [0.2, 0.25) is 0 Å². The molecule has 0 aliphatic heterocycles. The number of fused-ring (bicyclic) bond motifs is 1. The van der Waals surface area contributed by atoms with Gasteiger partial charge < -0.3 is 14.8 Å². The van der Waals surface area contributed by atoms with E-state index >= 15 is 0 Å². The number of hydrogen-bond donors (Lipinski definition) is 1. The summed E-state index contributed by atoms with van der Waals surface area (Å²) in [6.07, 6.45) is 3.41. The number of ether oxygens (including phenoxy) is 2. The monoisotopic (exact) mass is 353 g/mol. The molecule has 138 valence electrons. The van der Waals surface area contributed by atoms with Crippen molar-refractivity contribution in [1.82, 2.24) is 5.32 Å². The Morgan fingerprint density at radius 2 is 1.81 bits per heavy atom. The van der Waals surface area contributed by atoms with Crippen molar-refractivity contribution in [2.75, 3.05) is 19.8 Å². The molecule has 1 amide bonds. The van der Waals surface area contributed by atoms with Crippen LogP contribution in [-0.4, -0.2) is 25.7 Å². The first-order valence-corrected chi connectivity index (χ1v) is 9.39. The van der Waals surface area contributed by atoms with E-state index in [2.05, 4.69) is 17.4 Å². The molecule has 0 radical (unpaired) electrons. The summed E-state index contributed by atoms with van der Waals surface area (Å²) in [4.78, 5) is 12.4. The Labute approximate surface area is 155 Å². The molecule has 0 aromatic heterocycles. The summed E-state index contributed by atoms with van der Waals surface area (Å²) >= 11 is 0. The lowest BCUT2D eigenvalue weighted by atomic mass is 10.1. The number of rotatable bonds is 9. The van der Waals surface area contributed by atoms with E-state index in [0.29, 0.717) is 33.0 Å². The highest BCUT2D eigenvalue weighted by Gasteiger charge is 2.13. The van der Waals surface area contributed by atoms with Crippen LogP contribution < -0.4 is 5.32 Å². The highest BCUT2D eigenvalue weighted by molar-refractivity contribution is 5.94. The molecule has 4 heteroatoms. The van der Waals surface area contributed by atoms with Crippen molar-refractivity contribution in [2.24, 2.45) is 0 Å². The van der Waals surface area contributed by atoms with Gasteiger partial charge in [-0.15, -0.1) is 0 Å². The van der Waals surface area contributed by atoms with E-state index in [1.165, 1.54) is 17.5 Å². The topological polar surface area (TPSA) is 47.6 Å². The van der Waals surface area contributed by atoms with Crippen LogP contribution in [0.15, 0.2) is 42.5 Å². The van der Waals surface area contributed by atoms with E-state index in [4.69, 9.17) is 9.47 Å². The van der Waals surface area contributed by atoms with Gasteiger partial charge in [0.05, 0.1) is 19.8 Å². The first-order valence-electron chi connectivity index (χ1n) is 9.39. The van der Waals surface area contributed by atoms with Crippen LogP contribution in [0, 0.1) is 0 Å². The van der Waals surface area contributed by atoms with E-state index in [1.807, 2.05) is 37.3 Å². The van der Waals surface area contributed by atoms with E-state index < -0.39 is 0 Å². The van der Waals surface area contributed by atoms with Crippen molar-refractivity contribution in [2.45, 2.75) is 39.3 Å². The molecule has 4 nitrogen and oxygen atoms in total. The summed E-state index contributed by atoms with van der Waals surface area (Å²) in [5.41, 5.74) is 5.64. The zero-order valence-corrected chi connectivity index (χ0v) is 15.4. The second-order valence-electron chi connectivity index (χ2n) is 6.59. The van der Waals surface area contributed by atoms with Gasteiger partial charge in [-0.1, -0.05) is 30.3 Å². The normalized spacial score (nSPS) is 12.8. The molecule has 0 saturated carbocycles. The zero-order valence-electron chi connectivity index (χ0n) is 15.4. The standard InChI is InChI=1S/C22H27NO3/c1-2-25-11-12-26-16-18-6-3-5-17(13-18)15-23-22(24)21-10-9-19-7-4-8-20(19)14-21/h3,5-6,9-10,13-14H,2,4,7-8,11-12,15-16H2,1H3,(H,23,24). The minimum absolute atomic E-state index is 0.0157. The van der Waals surface area contributed by atoms with Crippen molar-refractivity contribution in [3.05, 3.63) is 70.3 Å². The first kappa shape index (κ1) is 18.6. The third-order valence-corrected chi connectivity index (χ3v) is 4.65. The van der Waals surface area contributed by atoms with Gasteiger partial charge in [0, 0.05) is 18.7 Å². The van der Waals surface area contributed by atoms with E-state index in [1.54, 1.807) is 0 Å². The minimum atomic E-state index is -0.0157. The summed E-state index contributed by atoms with van der Waals surface area (Å²) in [6, 6.07) is 14.2. The molecule has 0 bridgehead atoms. The van der Waals surface area contributed by atoms with Crippen LogP contribution >= 0.6 is 0 Å². The van der Waals surface area contributed by atoms with Gasteiger partial charge in [0.2, 0.25) is 0 Å². The van der Waals surface area contributed by atoms with Crippen molar-refractivity contribution in [3.8, 4) is 0 Å². The second kappa shape index (κ2) is 9.51. The van der Waals surface area contributed by atoms with Crippen molar-refractivity contribution < 1.29 is 14.3 Å². The molecule has 0 atom stereocenters. The van der Waals surface area contributed by atoms with E-state index in [0.717, 1.165) is 29.5 Å². The SMILES string of the molecule is CCOCCOCc1cccc(CNC(=O)c2ccc3c(c2)CCC3)c1. The van der Waals surface area contributed by atoms with Gasteiger partial charge in [0.25, 0.3) is 5.91 Å². The lowest BCUT2D eigenvalue weighted by Crippen LogP contribution is -2.23. The number of carbonyl (C=O) groups excluding carboxylic acids is 1. The Balaban J connectivity index is 1.49. The predicted octanol–water partition coefficient (Wildman–Crippen LogP) is 3.66. The number of nitrogens with one attached hydrogen (secondary N) is 1. The van der Waals surface area contributed by atoms with Crippen LogP contribution in [0.3, 0.4) is 0 Å². The van der Waals surface area contributed by atoms with Gasteiger partial charge in [-0.3, -0.25) is 4.79 Å². The first-order chi connectivity index (χ1) is 12.8. The molecule has 2 aromatic carbocycles. The summed E-state index contributed by atoms with van der Waals surface area (Å²) in [6.45, 7) is 4.96. The molecule has 0 fully saturated rings. The largest absolute Gasteiger partial charge is 0.379 e. The molecule has 0 heterocycles. The fraction of sp³-hybridized carbons (Fsp3) is 0.409. The number of aryl methyl sites for hydroxylation is 2. The third kappa shape index (κ3) is 5.16. The van der Waals surface area contributed by atoms with Crippen molar-refractivity contribution in [1.29, 1.82) is 0 Å². The fourth-order valence-corrected chi connectivity index (χ4v) is 3.28. The van der Waals surface area contributed by atoms with Gasteiger partial charge in [-0.25, -0.2) is 0 Å². The summed E-state index contributed by atoms with van der Waals surface area (Å²) in [7, 11) is 0. The Morgan fingerprint density at radius 1 is 1.00 bits per heavy atom. The molecule has 0 saturated heterocycles. The highest BCUT2D eigenvalue weighted by atomic mass is 16.5. The second-order valence-corrected chi connectivity index (χ2v) is 6.59. The molecule has 26 heavy (non-hydrogen) atoms. The molecular formula is C22H27NO3. The van der Waals surface area contributed by atoms with Crippen molar-refractivity contribution in [3.63, 3.8) is 0 Å². The average molecular weight is 353 g/mol. The Morgan fingerprint density at radius 3 is 2.69 bits per heavy atom. The molecule has 0 spiro atoms. The quantitative estimate of drug-likeness (QED) is 0.700. The molecule has 1 aliphatic carbocycles. The van der Waals surface area contributed by atoms with Gasteiger partial charge in [-0.2, -0.15) is 0 Å². The van der Waals surface area contributed by atoms with E-state index in [-0.39, 0.29) is 5.91 Å². The van der Waals surface area contributed by atoms with Gasteiger partial charge in [0.15, 0.2) is 0 Å². The zero-order chi connectivity index (χ0) is 18.2. The van der Waals surface area contributed by atoms with Crippen LogP contribution in [-0.2, 0) is 35.5 Å². The molecule has 2 aromatic rings. The number of hydrogen-bond acceptors (Lipinski definition) is 3.